The van der Waals surface area contributed by atoms with E-state index in [0.29, 0.717) is 22.1 Å². The van der Waals surface area contributed by atoms with Gasteiger partial charge in [0.25, 0.3) is 0 Å². The van der Waals surface area contributed by atoms with Crippen LogP contribution in [0.3, 0.4) is 0 Å². The summed E-state index contributed by atoms with van der Waals surface area (Å²) in [5.41, 5.74) is 5.97. The van der Waals surface area contributed by atoms with Crippen molar-refractivity contribution in [1.82, 2.24) is 0 Å². The Morgan fingerprint density at radius 1 is 1.50 bits per heavy atom. The number of hydrogen-bond donors (Lipinski definition) is 2. The Morgan fingerprint density at radius 3 is 2.72 bits per heavy atom. The monoisotopic (exact) mass is 271 g/mol. The molecule has 1 heterocycles. The number of rotatable bonds is 3. The summed E-state index contributed by atoms with van der Waals surface area (Å²) in [4.78, 5) is 11.1. The highest BCUT2D eigenvalue weighted by atomic mass is 35.5. The van der Waals surface area contributed by atoms with Crippen molar-refractivity contribution in [2.24, 2.45) is 5.73 Å². The average molecular weight is 272 g/mol. The fourth-order valence-electron chi connectivity index (χ4n) is 1.88. The van der Waals surface area contributed by atoms with Crippen molar-refractivity contribution < 1.29 is 19.4 Å². The maximum atomic E-state index is 11.1. The molecule has 1 aromatic carbocycles. The Kier molecular flexibility index (Phi) is 3.12. The summed E-state index contributed by atoms with van der Waals surface area (Å²) in [7, 11) is 0. The predicted molar refractivity (Wildman–Crippen MR) is 66.2 cm³/mol. The van der Waals surface area contributed by atoms with Crippen molar-refractivity contribution in [1.29, 1.82) is 0 Å². The third-order valence-corrected chi connectivity index (χ3v) is 2.95. The number of benzene rings is 1. The molecule has 1 aromatic rings. The van der Waals surface area contributed by atoms with Crippen molar-refractivity contribution >= 4 is 17.6 Å². The molecule has 0 spiro atoms. The SMILES string of the molecule is CC1(C)Oc2cc(C(CN)C(=O)O)cc(Cl)c2O1. The number of fused-ring (bicyclic) bond motifs is 1. The van der Waals surface area contributed by atoms with Crippen LogP contribution in [0.1, 0.15) is 25.3 Å². The van der Waals surface area contributed by atoms with E-state index in [1.54, 1.807) is 26.0 Å². The molecule has 0 aliphatic carbocycles. The van der Waals surface area contributed by atoms with Gasteiger partial charge in [0.05, 0.1) is 10.9 Å². The lowest BCUT2D eigenvalue weighted by atomic mass is 9.99. The van der Waals surface area contributed by atoms with E-state index in [2.05, 4.69) is 0 Å². The standard InChI is InChI=1S/C12H14ClNO4/c1-12(2)17-9-4-6(7(5-14)11(15)16)3-8(13)10(9)18-12/h3-4,7H,5,14H2,1-2H3,(H,15,16). The van der Waals surface area contributed by atoms with Gasteiger partial charge in [-0.3, -0.25) is 4.79 Å². The maximum absolute atomic E-state index is 11.1. The lowest BCUT2D eigenvalue weighted by Crippen LogP contribution is -2.29. The van der Waals surface area contributed by atoms with Crippen LogP contribution in [0.2, 0.25) is 5.02 Å². The Balaban J connectivity index is 2.44. The number of carbonyl (C=O) groups is 1. The Labute approximate surface area is 109 Å². The molecule has 6 heteroatoms. The van der Waals surface area contributed by atoms with Crippen LogP contribution < -0.4 is 15.2 Å². The molecule has 1 aliphatic rings. The van der Waals surface area contributed by atoms with E-state index >= 15 is 0 Å². The van der Waals surface area contributed by atoms with Crippen LogP contribution in [-0.2, 0) is 4.79 Å². The smallest absolute Gasteiger partial charge is 0.312 e. The molecule has 0 aromatic heterocycles. The van der Waals surface area contributed by atoms with Crippen LogP contribution in [-0.4, -0.2) is 23.4 Å². The van der Waals surface area contributed by atoms with Crippen LogP contribution in [0.5, 0.6) is 11.5 Å². The molecule has 0 radical (unpaired) electrons. The van der Waals surface area contributed by atoms with Gasteiger partial charge >= 0.3 is 5.97 Å². The average Bonchev–Trinajstić information content (AvgIpc) is 2.53. The minimum absolute atomic E-state index is 0.00526. The molecule has 2 rings (SSSR count). The van der Waals surface area contributed by atoms with Gasteiger partial charge in [0.1, 0.15) is 0 Å². The number of aliphatic carboxylic acids is 1. The Morgan fingerprint density at radius 2 is 2.17 bits per heavy atom. The fourth-order valence-corrected chi connectivity index (χ4v) is 2.13. The van der Waals surface area contributed by atoms with Crippen molar-refractivity contribution in [3.63, 3.8) is 0 Å². The summed E-state index contributed by atoms with van der Waals surface area (Å²) in [6, 6.07) is 3.17. The van der Waals surface area contributed by atoms with Gasteiger partial charge in [-0.25, -0.2) is 0 Å². The molecule has 1 aliphatic heterocycles. The lowest BCUT2D eigenvalue weighted by Gasteiger charge is -2.16. The van der Waals surface area contributed by atoms with Gasteiger partial charge in [0, 0.05) is 20.4 Å². The first-order valence-electron chi connectivity index (χ1n) is 5.48. The molecule has 5 nitrogen and oxygen atoms in total. The first kappa shape index (κ1) is 13.0. The van der Waals surface area contributed by atoms with Gasteiger partial charge in [-0.1, -0.05) is 11.6 Å². The second-order valence-electron chi connectivity index (χ2n) is 4.56. The van der Waals surface area contributed by atoms with Crippen molar-refractivity contribution in [3.8, 4) is 11.5 Å². The second-order valence-corrected chi connectivity index (χ2v) is 4.97. The van der Waals surface area contributed by atoms with Crippen LogP contribution in [0.4, 0.5) is 0 Å². The van der Waals surface area contributed by atoms with E-state index in [1.165, 1.54) is 0 Å². The van der Waals surface area contributed by atoms with E-state index < -0.39 is 17.7 Å². The molecule has 0 bridgehead atoms. The normalized spacial score (nSPS) is 17.6. The van der Waals surface area contributed by atoms with Crippen molar-refractivity contribution in [3.05, 3.63) is 22.7 Å². The number of carboxylic acid groups (broad SMARTS) is 1. The minimum Gasteiger partial charge on any atom is -0.481 e. The highest BCUT2D eigenvalue weighted by Crippen LogP contribution is 2.45. The summed E-state index contributed by atoms with van der Waals surface area (Å²) in [5.74, 6) is -1.72. The molecule has 98 valence electrons. The lowest BCUT2D eigenvalue weighted by molar-refractivity contribution is -0.138. The van der Waals surface area contributed by atoms with Crippen LogP contribution in [0.15, 0.2) is 12.1 Å². The molecule has 0 saturated carbocycles. The second kappa shape index (κ2) is 4.33. The van der Waals surface area contributed by atoms with Gasteiger partial charge in [0.15, 0.2) is 11.5 Å². The van der Waals surface area contributed by atoms with Gasteiger partial charge < -0.3 is 20.3 Å². The molecule has 1 atom stereocenters. The van der Waals surface area contributed by atoms with Crippen molar-refractivity contribution in [2.75, 3.05) is 6.54 Å². The van der Waals surface area contributed by atoms with Crippen LogP contribution in [0, 0.1) is 0 Å². The number of nitrogens with two attached hydrogens (primary N) is 1. The van der Waals surface area contributed by atoms with E-state index in [4.69, 9.17) is 31.9 Å². The van der Waals surface area contributed by atoms with E-state index in [-0.39, 0.29) is 6.54 Å². The highest BCUT2D eigenvalue weighted by Gasteiger charge is 2.34. The molecule has 3 N–H and O–H groups in total. The zero-order chi connectivity index (χ0) is 13.5. The zero-order valence-electron chi connectivity index (χ0n) is 10.1. The topological polar surface area (TPSA) is 81.8 Å². The van der Waals surface area contributed by atoms with Gasteiger partial charge in [-0.15, -0.1) is 0 Å². The molecule has 1 unspecified atom stereocenters. The Hall–Kier alpha value is -1.46. The zero-order valence-corrected chi connectivity index (χ0v) is 10.8. The number of carboxylic acids is 1. The van der Waals surface area contributed by atoms with E-state index in [1.807, 2.05) is 0 Å². The van der Waals surface area contributed by atoms with Crippen molar-refractivity contribution in [2.45, 2.75) is 25.6 Å². The van der Waals surface area contributed by atoms with Gasteiger partial charge in [-0.05, 0) is 17.7 Å². The molecular formula is C12H14ClNO4. The van der Waals surface area contributed by atoms with E-state index in [9.17, 15) is 4.79 Å². The number of halogens is 1. The first-order chi connectivity index (χ1) is 8.34. The molecule has 0 amide bonds. The number of hydrogen-bond acceptors (Lipinski definition) is 4. The summed E-state index contributed by atoms with van der Waals surface area (Å²) < 4.78 is 11.1. The molecule has 0 fully saturated rings. The first-order valence-corrected chi connectivity index (χ1v) is 5.86. The van der Waals surface area contributed by atoms with Crippen LogP contribution >= 0.6 is 11.6 Å². The Bertz CT molecular complexity index is 501. The van der Waals surface area contributed by atoms with Crippen LogP contribution in [0.25, 0.3) is 0 Å². The van der Waals surface area contributed by atoms with Gasteiger partial charge in [-0.2, -0.15) is 0 Å². The quantitative estimate of drug-likeness (QED) is 0.878. The summed E-state index contributed by atoms with van der Waals surface area (Å²) >= 11 is 6.07. The third-order valence-electron chi connectivity index (χ3n) is 2.67. The highest BCUT2D eigenvalue weighted by molar-refractivity contribution is 6.32. The summed E-state index contributed by atoms with van der Waals surface area (Å²) in [6.07, 6.45) is 0. The minimum atomic E-state index is -0.994. The third kappa shape index (κ3) is 2.23. The molecular weight excluding hydrogens is 258 g/mol. The molecule has 18 heavy (non-hydrogen) atoms. The van der Waals surface area contributed by atoms with Gasteiger partial charge in [0.2, 0.25) is 5.79 Å². The van der Waals surface area contributed by atoms with E-state index in [0.717, 1.165) is 0 Å². The maximum Gasteiger partial charge on any atom is 0.312 e. The fraction of sp³-hybridized carbons (Fsp3) is 0.417. The number of ether oxygens (including phenoxy) is 2. The predicted octanol–water partition coefficient (Wildman–Crippen LogP) is 1.97. The summed E-state index contributed by atoms with van der Waals surface area (Å²) in [6.45, 7) is 3.50. The largest absolute Gasteiger partial charge is 0.481 e. The molecule has 0 saturated heterocycles. The summed E-state index contributed by atoms with van der Waals surface area (Å²) in [5, 5.41) is 9.40.